The first-order valence-electron chi connectivity index (χ1n) is 12.0. The van der Waals surface area contributed by atoms with Crippen LogP contribution in [-0.4, -0.2) is 101 Å². The Kier molecular flexibility index (Phi) is 10.2. The number of pyridine rings is 1. The maximum atomic E-state index is 12.7. The van der Waals surface area contributed by atoms with Crippen molar-refractivity contribution < 1.29 is 4.79 Å². The number of piperazine rings is 1. The van der Waals surface area contributed by atoms with Crippen LogP contribution in [0.4, 0.5) is 0 Å². The molecule has 182 valence electrons. The van der Waals surface area contributed by atoms with Crippen molar-refractivity contribution >= 4 is 41.5 Å². The molecule has 1 amide bonds. The molecule has 9 nitrogen and oxygen atoms in total. The fourth-order valence-electron chi connectivity index (χ4n) is 4.57. The highest BCUT2D eigenvalue weighted by molar-refractivity contribution is 14.0. The number of halogens is 1. The minimum Gasteiger partial charge on any atom is -0.356 e. The minimum atomic E-state index is 0. The van der Waals surface area contributed by atoms with Crippen LogP contribution in [0.3, 0.4) is 0 Å². The number of hydrogen-bond acceptors (Lipinski definition) is 5. The van der Waals surface area contributed by atoms with Gasteiger partial charge in [0.25, 0.3) is 0 Å². The van der Waals surface area contributed by atoms with E-state index in [9.17, 15) is 4.79 Å². The molecule has 0 radical (unpaired) electrons. The predicted octanol–water partition coefficient (Wildman–Crippen LogP) is 1.88. The Morgan fingerprint density at radius 1 is 1.00 bits per heavy atom. The molecule has 10 heteroatoms. The van der Waals surface area contributed by atoms with Crippen LogP contribution < -0.4 is 5.32 Å². The van der Waals surface area contributed by atoms with Crippen molar-refractivity contribution in [2.24, 2.45) is 4.99 Å². The van der Waals surface area contributed by atoms with E-state index >= 15 is 0 Å². The lowest BCUT2D eigenvalue weighted by atomic mass is 10.2. The second-order valence-corrected chi connectivity index (χ2v) is 8.68. The second-order valence-electron chi connectivity index (χ2n) is 8.68. The molecule has 0 atom stereocenters. The van der Waals surface area contributed by atoms with Crippen molar-refractivity contribution in [3.63, 3.8) is 0 Å². The molecule has 0 bridgehead atoms. The summed E-state index contributed by atoms with van der Waals surface area (Å²) in [6, 6.07) is 5.95. The van der Waals surface area contributed by atoms with Crippen molar-refractivity contribution in [3.8, 4) is 0 Å². The number of carbonyl (C=O) groups excluding carboxylic acids is 1. The van der Waals surface area contributed by atoms with Crippen LogP contribution in [0.2, 0.25) is 0 Å². The van der Waals surface area contributed by atoms with E-state index in [0.29, 0.717) is 12.5 Å². The quantitative estimate of drug-likeness (QED) is 0.248. The molecule has 2 aromatic rings. The molecule has 0 saturated carbocycles. The molecule has 2 aliphatic rings. The van der Waals surface area contributed by atoms with Crippen molar-refractivity contribution in [2.75, 3.05) is 59.4 Å². The summed E-state index contributed by atoms with van der Waals surface area (Å²) in [5.74, 6) is 2.22. The largest absolute Gasteiger partial charge is 0.356 e. The lowest BCUT2D eigenvalue weighted by Crippen LogP contribution is -2.54. The Morgan fingerprint density at radius 3 is 2.48 bits per heavy atom. The van der Waals surface area contributed by atoms with E-state index in [1.54, 1.807) is 0 Å². The fraction of sp³-hybridized carbons (Fsp3) is 0.652. The Bertz CT molecular complexity index is 901. The van der Waals surface area contributed by atoms with Gasteiger partial charge in [-0.2, -0.15) is 0 Å². The smallest absolute Gasteiger partial charge is 0.236 e. The predicted molar refractivity (Wildman–Crippen MR) is 141 cm³/mol. The van der Waals surface area contributed by atoms with E-state index in [0.717, 1.165) is 88.9 Å². The molecule has 2 fully saturated rings. The van der Waals surface area contributed by atoms with Crippen molar-refractivity contribution in [3.05, 3.63) is 30.2 Å². The van der Waals surface area contributed by atoms with Crippen LogP contribution in [0.15, 0.2) is 29.4 Å². The third-order valence-electron chi connectivity index (χ3n) is 6.45. The van der Waals surface area contributed by atoms with Crippen molar-refractivity contribution in [2.45, 2.75) is 38.5 Å². The highest BCUT2D eigenvalue weighted by Gasteiger charge is 2.23. The molecule has 0 aromatic carbocycles. The Balaban J connectivity index is 0.00000306. The fourth-order valence-corrected chi connectivity index (χ4v) is 4.57. The molecule has 0 unspecified atom stereocenters. The molecular formula is C23H37IN8O. The number of nitrogens with one attached hydrogen (secondary N) is 1. The molecule has 0 spiro atoms. The van der Waals surface area contributed by atoms with E-state index in [1.165, 1.54) is 12.8 Å². The number of aryl methyl sites for hydroxylation is 1. The molecule has 2 aromatic heterocycles. The van der Waals surface area contributed by atoms with Crippen LogP contribution in [0.1, 0.15) is 37.9 Å². The SMILES string of the molecule is CN=C(NCCCc1nnc2ccccn12)N1CCN(CC(=O)N2CCCCCC2)CC1.I. The molecule has 33 heavy (non-hydrogen) atoms. The van der Waals surface area contributed by atoms with Crippen LogP contribution in [0.25, 0.3) is 5.65 Å². The third-order valence-corrected chi connectivity index (χ3v) is 6.45. The maximum absolute atomic E-state index is 12.7. The van der Waals surface area contributed by atoms with Gasteiger partial charge in [-0.3, -0.25) is 19.1 Å². The van der Waals surface area contributed by atoms with Gasteiger partial charge < -0.3 is 15.1 Å². The highest BCUT2D eigenvalue weighted by Crippen LogP contribution is 2.11. The van der Waals surface area contributed by atoms with E-state index in [-0.39, 0.29) is 24.0 Å². The summed E-state index contributed by atoms with van der Waals surface area (Å²) in [5, 5.41) is 12.0. The lowest BCUT2D eigenvalue weighted by Gasteiger charge is -2.37. The Labute approximate surface area is 213 Å². The third kappa shape index (κ3) is 7.02. The number of amides is 1. The second kappa shape index (κ2) is 13.1. The normalized spacial score (nSPS) is 18.2. The number of nitrogens with zero attached hydrogens (tertiary/aromatic N) is 7. The number of likely N-dealkylation sites (tertiary alicyclic amines) is 1. The van der Waals surface area contributed by atoms with Gasteiger partial charge in [-0.15, -0.1) is 34.2 Å². The van der Waals surface area contributed by atoms with Crippen LogP contribution in [0, 0.1) is 0 Å². The number of hydrogen-bond donors (Lipinski definition) is 1. The van der Waals surface area contributed by atoms with E-state index in [1.807, 2.05) is 35.8 Å². The molecule has 2 saturated heterocycles. The van der Waals surface area contributed by atoms with E-state index < -0.39 is 0 Å². The summed E-state index contributed by atoms with van der Waals surface area (Å²) >= 11 is 0. The van der Waals surface area contributed by atoms with Gasteiger partial charge in [0.15, 0.2) is 11.6 Å². The zero-order valence-electron chi connectivity index (χ0n) is 19.7. The standard InChI is InChI=1S/C23H36N8O.HI/c1-24-23(25-11-8-10-21-27-26-20-9-4-7-14-31(20)21)30-17-15-28(16-18-30)19-22(32)29-12-5-2-3-6-13-29;/h4,7,9,14H,2-3,5-6,8,10-13,15-19H2,1H3,(H,24,25);1H. The summed E-state index contributed by atoms with van der Waals surface area (Å²) < 4.78 is 2.04. The van der Waals surface area contributed by atoms with E-state index in [2.05, 4.69) is 35.2 Å². The zero-order chi connectivity index (χ0) is 22.2. The van der Waals surface area contributed by atoms with Gasteiger partial charge in [-0.1, -0.05) is 18.9 Å². The number of aromatic nitrogens is 3. The highest BCUT2D eigenvalue weighted by atomic mass is 127. The van der Waals surface area contributed by atoms with Crippen molar-refractivity contribution in [1.82, 2.24) is 34.6 Å². The first-order valence-corrected chi connectivity index (χ1v) is 12.0. The van der Waals surface area contributed by atoms with Gasteiger partial charge in [0, 0.05) is 65.5 Å². The topological polar surface area (TPSA) is 81.4 Å². The van der Waals surface area contributed by atoms with Gasteiger partial charge in [0.1, 0.15) is 5.82 Å². The van der Waals surface area contributed by atoms with Crippen LogP contribution in [-0.2, 0) is 11.2 Å². The maximum Gasteiger partial charge on any atom is 0.236 e. The first-order chi connectivity index (χ1) is 15.7. The summed E-state index contributed by atoms with van der Waals surface area (Å²) in [4.78, 5) is 23.8. The summed E-state index contributed by atoms with van der Waals surface area (Å²) in [7, 11) is 1.84. The lowest BCUT2D eigenvalue weighted by molar-refractivity contribution is -0.132. The molecule has 2 aliphatic heterocycles. The molecule has 0 aliphatic carbocycles. The van der Waals surface area contributed by atoms with Gasteiger partial charge in [0.2, 0.25) is 5.91 Å². The van der Waals surface area contributed by atoms with Gasteiger partial charge >= 0.3 is 0 Å². The first kappa shape index (κ1) is 25.7. The summed E-state index contributed by atoms with van der Waals surface area (Å²) in [6.07, 6.45) is 8.63. The molecule has 1 N–H and O–H groups in total. The average Bonchev–Trinajstić information content (AvgIpc) is 3.03. The zero-order valence-corrected chi connectivity index (χ0v) is 22.0. The van der Waals surface area contributed by atoms with Crippen LogP contribution in [0.5, 0.6) is 0 Å². The van der Waals surface area contributed by atoms with Gasteiger partial charge in [-0.05, 0) is 31.4 Å². The average molecular weight is 569 g/mol. The Hall–Kier alpha value is -1.95. The number of rotatable bonds is 6. The minimum absolute atomic E-state index is 0. The molecule has 4 heterocycles. The summed E-state index contributed by atoms with van der Waals surface area (Å²) in [5.41, 5.74) is 0.887. The number of carbonyl (C=O) groups is 1. The van der Waals surface area contributed by atoms with Gasteiger partial charge in [0.05, 0.1) is 6.54 Å². The van der Waals surface area contributed by atoms with Crippen LogP contribution >= 0.6 is 24.0 Å². The number of fused-ring (bicyclic) bond motifs is 1. The number of guanidine groups is 1. The van der Waals surface area contributed by atoms with Crippen molar-refractivity contribution in [1.29, 1.82) is 0 Å². The van der Waals surface area contributed by atoms with Gasteiger partial charge in [-0.25, -0.2) is 0 Å². The summed E-state index contributed by atoms with van der Waals surface area (Å²) in [6.45, 7) is 6.82. The van der Waals surface area contributed by atoms with E-state index in [4.69, 9.17) is 0 Å². The molecular weight excluding hydrogens is 531 g/mol. The molecule has 4 rings (SSSR count). The monoisotopic (exact) mass is 568 g/mol. The number of aliphatic imine (C=N–C) groups is 1. The Morgan fingerprint density at radius 2 is 1.76 bits per heavy atom.